The van der Waals surface area contributed by atoms with Gasteiger partial charge in [0.15, 0.2) is 0 Å². The first-order chi connectivity index (χ1) is 16.0. The molecule has 2 saturated heterocycles. The van der Waals surface area contributed by atoms with Crippen molar-refractivity contribution in [3.63, 3.8) is 0 Å². The van der Waals surface area contributed by atoms with Gasteiger partial charge in [0.25, 0.3) is 0 Å². The molecule has 0 aromatic heterocycles. The topological polar surface area (TPSA) is 42.0 Å². The van der Waals surface area contributed by atoms with E-state index < -0.39 is 0 Å². The van der Waals surface area contributed by atoms with Gasteiger partial charge in [-0.2, -0.15) is 0 Å². The van der Waals surface area contributed by atoms with Crippen LogP contribution in [0.5, 0.6) is 11.5 Å². The summed E-state index contributed by atoms with van der Waals surface area (Å²) in [5.74, 6) is 2.68. The number of methoxy groups -OCH3 is 1. The minimum atomic E-state index is -0.307. The number of likely N-dealkylation sites (tertiary alicyclic amines) is 2. The number of ether oxygens (including phenoxy) is 2. The van der Waals surface area contributed by atoms with E-state index in [1.807, 2.05) is 42.5 Å². The molecule has 0 spiro atoms. The van der Waals surface area contributed by atoms with Crippen LogP contribution in [0.2, 0.25) is 0 Å². The Morgan fingerprint density at radius 1 is 0.970 bits per heavy atom. The first kappa shape index (κ1) is 22.3. The van der Waals surface area contributed by atoms with E-state index in [9.17, 15) is 4.79 Å². The summed E-state index contributed by atoms with van der Waals surface area (Å²) in [6.07, 6.45) is 4.24. The summed E-state index contributed by atoms with van der Waals surface area (Å²) >= 11 is 0. The highest BCUT2D eigenvalue weighted by molar-refractivity contribution is 5.91. The quantitative estimate of drug-likeness (QED) is 0.625. The van der Waals surface area contributed by atoms with Gasteiger partial charge in [0.2, 0.25) is 5.91 Å². The van der Waals surface area contributed by atoms with Gasteiger partial charge in [-0.05, 0) is 75.3 Å². The smallest absolute Gasteiger partial charge is 0.233 e. The van der Waals surface area contributed by atoms with Gasteiger partial charge < -0.3 is 14.4 Å². The summed E-state index contributed by atoms with van der Waals surface area (Å²) in [5, 5.41) is 0. The van der Waals surface area contributed by atoms with Crippen LogP contribution < -0.4 is 9.47 Å². The molecule has 0 N–H and O–H groups in total. The van der Waals surface area contributed by atoms with Gasteiger partial charge in [0, 0.05) is 25.7 Å². The first-order valence-electron chi connectivity index (χ1n) is 12.4. The van der Waals surface area contributed by atoms with Crippen molar-refractivity contribution in [3.05, 3.63) is 60.2 Å². The summed E-state index contributed by atoms with van der Waals surface area (Å²) in [4.78, 5) is 18.2. The first-order valence-corrected chi connectivity index (χ1v) is 12.4. The predicted molar refractivity (Wildman–Crippen MR) is 130 cm³/mol. The number of rotatable bonds is 7. The standard InChI is InChI=1S/C28H36N2O3/c1-20(2)30-19-25(33-24-7-5-4-6-8-24)26(30)21-13-17-29(18-14-21)27(31)28(15-16-28)22-9-11-23(32-3)12-10-22/h4-12,20-21,25-26H,13-19H2,1-3H3/t25-,26-/m0/s1. The van der Waals surface area contributed by atoms with Crippen LogP contribution in [0.4, 0.5) is 0 Å². The van der Waals surface area contributed by atoms with Gasteiger partial charge in [0.05, 0.1) is 18.6 Å². The summed E-state index contributed by atoms with van der Waals surface area (Å²) in [5.41, 5.74) is 0.829. The number of carbonyl (C=O) groups is 1. The molecule has 2 aliphatic heterocycles. The molecule has 0 unspecified atom stereocenters. The number of para-hydroxylation sites is 1. The number of piperidine rings is 1. The molecule has 5 rings (SSSR count). The van der Waals surface area contributed by atoms with Crippen molar-refractivity contribution in [2.24, 2.45) is 5.92 Å². The van der Waals surface area contributed by atoms with E-state index in [2.05, 4.69) is 35.8 Å². The minimum Gasteiger partial charge on any atom is -0.497 e. The lowest BCUT2D eigenvalue weighted by Crippen LogP contribution is -2.68. The highest BCUT2D eigenvalue weighted by atomic mass is 16.5. The Bertz CT molecular complexity index is 947. The summed E-state index contributed by atoms with van der Waals surface area (Å²) in [6, 6.07) is 19.2. The number of nitrogens with zero attached hydrogens (tertiary/aromatic N) is 2. The third-order valence-electron chi connectivity index (χ3n) is 7.96. The SMILES string of the molecule is COc1ccc(C2(C(=O)N3CCC([C@H]4[C@@H](Oc5ccccc5)CN4C(C)C)CC3)CC2)cc1. The third-order valence-corrected chi connectivity index (χ3v) is 7.96. The van der Waals surface area contributed by atoms with Crippen molar-refractivity contribution in [1.82, 2.24) is 9.80 Å². The van der Waals surface area contributed by atoms with E-state index in [-0.39, 0.29) is 11.5 Å². The molecule has 3 fully saturated rings. The lowest BCUT2D eigenvalue weighted by molar-refractivity contribution is -0.138. The summed E-state index contributed by atoms with van der Waals surface area (Å²) in [7, 11) is 1.68. The molecule has 2 aromatic carbocycles. The van der Waals surface area contributed by atoms with Crippen LogP contribution in [-0.4, -0.2) is 60.6 Å². The van der Waals surface area contributed by atoms with Gasteiger partial charge in [-0.3, -0.25) is 9.69 Å². The Labute approximate surface area is 197 Å². The molecule has 2 heterocycles. The molecule has 33 heavy (non-hydrogen) atoms. The van der Waals surface area contributed by atoms with Gasteiger partial charge >= 0.3 is 0 Å². The monoisotopic (exact) mass is 448 g/mol. The third kappa shape index (κ3) is 4.23. The molecule has 1 aliphatic carbocycles. The van der Waals surface area contributed by atoms with E-state index in [1.54, 1.807) is 7.11 Å². The van der Waals surface area contributed by atoms with E-state index >= 15 is 0 Å². The zero-order valence-corrected chi connectivity index (χ0v) is 20.1. The van der Waals surface area contributed by atoms with Crippen LogP contribution in [0.15, 0.2) is 54.6 Å². The van der Waals surface area contributed by atoms with E-state index in [4.69, 9.17) is 9.47 Å². The van der Waals surface area contributed by atoms with Crippen molar-refractivity contribution in [1.29, 1.82) is 0 Å². The molecule has 1 amide bonds. The maximum Gasteiger partial charge on any atom is 0.233 e. The minimum absolute atomic E-state index is 0.233. The zero-order chi connectivity index (χ0) is 23.0. The summed E-state index contributed by atoms with van der Waals surface area (Å²) < 4.78 is 11.7. The second-order valence-corrected chi connectivity index (χ2v) is 10.2. The molecule has 176 valence electrons. The Morgan fingerprint density at radius 2 is 1.64 bits per heavy atom. The number of amides is 1. The van der Waals surface area contributed by atoms with Crippen LogP contribution in [0.3, 0.4) is 0 Å². The van der Waals surface area contributed by atoms with E-state index in [0.717, 1.165) is 62.4 Å². The fourth-order valence-electron chi connectivity index (χ4n) is 5.83. The maximum atomic E-state index is 13.5. The normalized spacial score (nSPS) is 24.9. The van der Waals surface area contributed by atoms with Crippen LogP contribution in [0, 0.1) is 5.92 Å². The highest BCUT2D eigenvalue weighted by Crippen LogP contribution is 2.50. The van der Waals surface area contributed by atoms with Crippen LogP contribution in [-0.2, 0) is 10.2 Å². The molecule has 5 nitrogen and oxygen atoms in total. The average molecular weight is 449 g/mol. The van der Waals surface area contributed by atoms with Crippen LogP contribution in [0.25, 0.3) is 0 Å². The van der Waals surface area contributed by atoms with Crippen molar-refractivity contribution in [3.8, 4) is 11.5 Å². The Kier molecular flexibility index (Phi) is 6.09. The van der Waals surface area contributed by atoms with Crippen molar-refractivity contribution in [2.45, 2.75) is 63.1 Å². The molecule has 0 bridgehead atoms. The predicted octanol–water partition coefficient (Wildman–Crippen LogP) is 4.51. The Morgan fingerprint density at radius 3 is 2.21 bits per heavy atom. The number of hydrogen-bond acceptors (Lipinski definition) is 4. The summed E-state index contributed by atoms with van der Waals surface area (Å²) in [6.45, 7) is 7.23. The number of carbonyl (C=O) groups excluding carboxylic acids is 1. The Hall–Kier alpha value is -2.53. The molecule has 2 atom stereocenters. The molecule has 5 heteroatoms. The maximum absolute atomic E-state index is 13.5. The number of hydrogen-bond donors (Lipinski definition) is 0. The molecule has 1 saturated carbocycles. The van der Waals surface area contributed by atoms with Crippen LogP contribution in [0.1, 0.15) is 45.1 Å². The lowest BCUT2D eigenvalue weighted by atomic mass is 9.79. The molecule has 2 aromatic rings. The molecule has 0 radical (unpaired) electrons. The van der Waals surface area contributed by atoms with E-state index in [0.29, 0.717) is 23.9 Å². The van der Waals surface area contributed by atoms with E-state index in [1.165, 1.54) is 0 Å². The van der Waals surface area contributed by atoms with Crippen molar-refractivity contribution in [2.75, 3.05) is 26.7 Å². The second kappa shape index (κ2) is 9.02. The highest BCUT2D eigenvalue weighted by Gasteiger charge is 2.54. The van der Waals surface area contributed by atoms with Gasteiger partial charge in [-0.1, -0.05) is 30.3 Å². The van der Waals surface area contributed by atoms with Crippen molar-refractivity contribution >= 4 is 5.91 Å². The van der Waals surface area contributed by atoms with Gasteiger partial charge in [-0.25, -0.2) is 0 Å². The average Bonchev–Trinajstić information content (AvgIpc) is 3.64. The van der Waals surface area contributed by atoms with Crippen molar-refractivity contribution < 1.29 is 14.3 Å². The largest absolute Gasteiger partial charge is 0.497 e. The van der Waals surface area contributed by atoms with Gasteiger partial charge in [0.1, 0.15) is 17.6 Å². The van der Waals surface area contributed by atoms with Crippen LogP contribution >= 0.6 is 0 Å². The lowest BCUT2D eigenvalue weighted by Gasteiger charge is -2.54. The zero-order valence-electron chi connectivity index (χ0n) is 20.1. The second-order valence-electron chi connectivity index (χ2n) is 10.2. The fraction of sp³-hybridized carbons (Fsp3) is 0.536. The Balaban J connectivity index is 1.22. The fourth-order valence-corrected chi connectivity index (χ4v) is 5.83. The number of benzene rings is 2. The molecular formula is C28H36N2O3. The molecule has 3 aliphatic rings. The molecular weight excluding hydrogens is 412 g/mol. The van der Waals surface area contributed by atoms with Gasteiger partial charge in [-0.15, -0.1) is 0 Å².